The lowest BCUT2D eigenvalue weighted by atomic mass is 9.91. The maximum Gasteiger partial charge on any atom is 0.0540 e. The predicted molar refractivity (Wildman–Crippen MR) is 454 cm³/mol. The van der Waals surface area contributed by atoms with Gasteiger partial charge in [0, 0.05) is 33.5 Å². The van der Waals surface area contributed by atoms with Crippen LogP contribution in [0.3, 0.4) is 0 Å². The first kappa shape index (κ1) is 61.9. The number of fused-ring (bicyclic) bond motifs is 10. The van der Waals surface area contributed by atoms with Crippen LogP contribution in [0.15, 0.2) is 413 Å². The third-order valence-corrected chi connectivity index (χ3v) is 21.7. The molecule has 0 amide bonds. The molecular weight excluding hydrogens is 1280 g/mol. The Bertz CT molecular complexity index is 6840. The van der Waals surface area contributed by atoms with Crippen molar-refractivity contribution in [3.8, 4) is 77.9 Å². The topological polar surface area (TPSA) is 6.48 Å². The summed E-state index contributed by atoms with van der Waals surface area (Å²) in [6.07, 6.45) is 0. The first-order valence-corrected chi connectivity index (χ1v) is 36.6. The van der Waals surface area contributed by atoms with Crippen LogP contribution in [-0.4, -0.2) is 0 Å². The molecule has 20 rings (SSSR count). The maximum atomic E-state index is 2.51. The molecule has 0 saturated heterocycles. The molecule has 0 unspecified atom stereocenters. The number of hydrogen-bond donors (Lipinski definition) is 0. The second-order valence-corrected chi connectivity index (χ2v) is 27.8. The third-order valence-electron chi connectivity index (χ3n) is 21.7. The van der Waals surface area contributed by atoms with Crippen LogP contribution < -0.4 is 9.80 Å². The Labute approximate surface area is 616 Å². The van der Waals surface area contributed by atoms with E-state index in [0.717, 1.165) is 89.4 Å². The average molecular weight is 1350 g/mol. The lowest BCUT2D eigenvalue weighted by molar-refractivity contribution is 1.30. The van der Waals surface area contributed by atoms with E-state index in [-0.39, 0.29) is 0 Å². The van der Waals surface area contributed by atoms with E-state index >= 15 is 0 Å². The van der Waals surface area contributed by atoms with Gasteiger partial charge in [0.15, 0.2) is 0 Å². The summed E-state index contributed by atoms with van der Waals surface area (Å²) in [4.78, 5) is 4.98. The minimum Gasteiger partial charge on any atom is -0.310 e. The molecule has 106 heavy (non-hydrogen) atoms. The number of nitrogens with zero attached hydrogens (tertiary/aromatic N) is 2. The lowest BCUT2D eigenvalue weighted by Crippen LogP contribution is -2.11. The van der Waals surface area contributed by atoms with Crippen LogP contribution >= 0.6 is 0 Å². The van der Waals surface area contributed by atoms with Crippen LogP contribution in [0.25, 0.3) is 164 Å². The van der Waals surface area contributed by atoms with Gasteiger partial charge in [0.05, 0.1) is 11.4 Å². The molecule has 0 N–H and O–H groups in total. The quantitative estimate of drug-likeness (QED) is 0.106. The average Bonchev–Trinajstić information content (AvgIpc) is 0.760. The predicted octanol–water partition coefficient (Wildman–Crippen LogP) is 29.5. The molecule has 0 spiro atoms. The van der Waals surface area contributed by atoms with Gasteiger partial charge in [-0.15, -0.1) is 0 Å². The van der Waals surface area contributed by atoms with E-state index in [1.807, 2.05) is 0 Å². The highest BCUT2D eigenvalue weighted by molar-refractivity contribution is 6.16. The number of anilines is 6. The summed E-state index contributed by atoms with van der Waals surface area (Å²) >= 11 is 0. The van der Waals surface area contributed by atoms with Gasteiger partial charge in [-0.25, -0.2) is 0 Å². The standard InChI is InChI=1S/C104H68N2/c1-2-25-70(26-3-1)92-59-60-104(99-48-17-16-45-95(92)99)106(83-38-20-35-76(64-83)102-68-78-30-7-11-42-90(78)94-44-13-15-47-98(94)102)84-65-79(61-80(66-84)91-50-22-32-72-28-5-9-40-86(72)91)69-55-57-73(58-56-69)87-51-23-53-100-96(87)52-24-54-103(100)105(81-36-18-33-74(62-81)88-49-21-31-71-27-4-8-39-85(71)88)82-37-19-34-75(63-82)101-67-77-29-6-10-41-89(77)93-43-12-14-46-97(93)101/h1-68H. The highest BCUT2D eigenvalue weighted by Crippen LogP contribution is 2.49. The van der Waals surface area contributed by atoms with Gasteiger partial charge in [-0.2, -0.15) is 0 Å². The van der Waals surface area contributed by atoms with Gasteiger partial charge in [0.1, 0.15) is 0 Å². The van der Waals surface area contributed by atoms with E-state index in [9.17, 15) is 0 Å². The van der Waals surface area contributed by atoms with Crippen molar-refractivity contribution >= 4 is 120 Å². The molecule has 0 fully saturated rings. The van der Waals surface area contributed by atoms with Crippen molar-refractivity contribution < 1.29 is 0 Å². The molecule has 20 aromatic carbocycles. The summed E-state index contributed by atoms with van der Waals surface area (Å²) in [6, 6.07) is 153. The fraction of sp³-hybridized carbons (Fsp3) is 0. The zero-order chi connectivity index (χ0) is 70.0. The van der Waals surface area contributed by atoms with Gasteiger partial charge in [-0.05, 0) is 232 Å². The zero-order valence-electron chi connectivity index (χ0n) is 58.2. The van der Waals surface area contributed by atoms with Crippen molar-refractivity contribution in [1.29, 1.82) is 0 Å². The Balaban J connectivity index is 0.748. The second kappa shape index (κ2) is 26.2. The minimum atomic E-state index is 1.05. The van der Waals surface area contributed by atoms with Crippen LogP contribution in [0.1, 0.15) is 0 Å². The lowest BCUT2D eigenvalue weighted by Gasteiger charge is -2.29. The van der Waals surface area contributed by atoms with Crippen molar-refractivity contribution in [2.45, 2.75) is 0 Å². The Morgan fingerprint density at radius 2 is 0.434 bits per heavy atom. The summed E-state index contributed by atoms with van der Waals surface area (Å²) in [5.41, 5.74) is 22.7. The Morgan fingerprint density at radius 3 is 0.981 bits per heavy atom. The minimum absolute atomic E-state index is 1.05. The number of rotatable bonds is 13. The maximum absolute atomic E-state index is 2.51. The van der Waals surface area contributed by atoms with Gasteiger partial charge >= 0.3 is 0 Å². The number of benzene rings is 20. The highest BCUT2D eigenvalue weighted by atomic mass is 15.1. The molecule has 20 aromatic rings. The summed E-state index contributed by atoms with van der Waals surface area (Å²) < 4.78 is 0. The van der Waals surface area contributed by atoms with E-state index in [2.05, 4.69) is 422 Å². The highest BCUT2D eigenvalue weighted by Gasteiger charge is 2.24. The Morgan fingerprint density at radius 1 is 0.123 bits per heavy atom. The third kappa shape index (κ3) is 10.9. The molecule has 0 saturated carbocycles. The van der Waals surface area contributed by atoms with Gasteiger partial charge in [0.25, 0.3) is 0 Å². The van der Waals surface area contributed by atoms with Crippen molar-refractivity contribution in [2.24, 2.45) is 0 Å². The van der Waals surface area contributed by atoms with Crippen molar-refractivity contribution in [3.63, 3.8) is 0 Å². The van der Waals surface area contributed by atoms with Crippen LogP contribution in [0.2, 0.25) is 0 Å². The van der Waals surface area contributed by atoms with E-state index in [0.29, 0.717) is 0 Å². The van der Waals surface area contributed by atoms with Crippen LogP contribution in [0.4, 0.5) is 34.1 Å². The molecular formula is C104H68N2. The van der Waals surface area contributed by atoms with Gasteiger partial charge < -0.3 is 9.80 Å². The largest absolute Gasteiger partial charge is 0.310 e. The molecule has 0 aliphatic carbocycles. The number of hydrogen-bond acceptors (Lipinski definition) is 2. The first-order valence-electron chi connectivity index (χ1n) is 36.6. The fourth-order valence-corrected chi connectivity index (χ4v) is 16.8. The van der Waals surface area contributed by atoms with Crippen molar-refractivity contribution in [2.75, 3.05) is 9.80 Å². The second-order valence-electron chi connectivity index (χ2n) is 27.8. The molecule has 494 valence electrons. The van der Waals surface area contributed by atoms with Crippen LogP contribution in [-0.2, 0) is 0 Å². The van der Waals surface area contributed by atoms with E-state index in [1.54, 1.807) is 0 Å². The van der Waals surface area contributed by atoms with E-state index < -0.39 is 0 Å². The van der Waals surface area contributed by atoms with Gasteiger partial charge in [-0.3, -0.25) is 0 Å². The monoisotopic (exact) mass is 1340 g/mol. The summed E-state index contributed by atoms with van der Waals surface area (Å²) in [7, 11) is 0. The molecule has 0 bridgehead atoms. The molecule has 0 heterocycles. The molecule has 0 aromatic heterocycles. The molecule has 2 nitrogen and oxygen atoms in total. The van der Waals surface area contributed by atoms with Crippen molar-refractivity contribution in [1.82, 2.24) is 0 Å². The normalized spacial score (nSPS) is 11.6. The first-order chi connectivity index (χ1) is 52.6. The van der Waals surface area contributed by atoms with Gasteiger partial charge in [-0.1, -0.05) is 334 Å². The smallest absolute Gasteiger partial charge is 0.0540 e. The molecule has 0 atom stereocenters. The van der Waals surface area contributed by atoms with Gasteiger partial charge in [0.2, 0.25) is 0 Å². The van der Waals surface area contributed by atoms with Crippen molar-refractivity contribution in [3.05, 3.63) is 413 Å². The summed E-state index contributed by atoms with van der Waals surface area (Å²) in [5.74, 6) is 0. The SMILES string of the molecule is c1ccc(-c2ccc(N(c3cc(-c4ccc(-c5cccc6c(N(c7cccc(-c8cccc9ccccc89)c7)c7cccc(-c8cc9ccccc9c9ccccc89)c7)cccc56)cc4)cc(-c4cccc5ccccc45)c3)c3cccc(-c4cc5ccccc5c5ccccc45)c3)c3ccccc23)cc1. The molecule has 0 radical (unpaired) electrons. The van der Waals surface area contributed by atoms with E-state index in [4.69, 9.17) is 0 Å². The molecule has 2 heteroatoms. The van der Waals surface area contributed by atoms with E-state index in [1.165, 1.54) is 109 Å². The summed E-state index contributed by atoms with van der Waals surface area (Å²) in [5, 5.41) is 19.4. The Kier molecular flexibility index (Phi) is 15.3. The fourth-order valence-electron chi connectivity index (χ4n) is 16.8. The Hall–Kier alpha value is -13.9. The van der Waals surface area contributed by atoms with Crippen LogP contribution in [0, 0.1) is 0 Å². The molecule has 0 aliphatic rings. The summed E-state index contributed by atoms with van der Waals surface area (Å²) in [6.45, 7) is 0. The zero-order valence-corrected chi connectivity index (χ0v) is 58.2. The van der Waals surface area contributed by atoms with Crippen LogP contribution in [0.5, 0.6) is 0 Å². The molecule has 0 aliphatic heterocycles.